The van der Waals surface area contributed by atoms with Gasteiger partial charge in [0.1, 0.15) is 0 Å². The van der Waals surface area contributed by atoms with E-state index in [1.165, 1.54) is 44.2 Å². The monoisotopic (exact) mass is 247 g/mol. The Morgan fingerprint density at radius 1 is 1.27 bits per heavy atom. The van der Waals surface area contributed by atoms with Gasteiger partial charge in [-0.3, -0.25) is 0 Å². The van der Waals surface area contributed by atoms with Gasteiger partial charge in [-0.2, -0.15) is 0 Å². The molecule has 0 radical (unpaired) electrons. The first-order valence-electron chi connectivity index (χ1n) is 5.98. The van der Waals surface area contributed by atoms with Gasteiger partial charge in [0.2, 0.25) is 0 Å². The maximum Gasteiger partial charge on any atom is 0.155 e. The van der Waals surface area contributed by atoms with E-state index in [2.05, 4.69) is 24.2 Å². The fourth-order valence-corrected chi connectivity index (χ4v) is 3.07. The highest BCUT2D eigenvalue weighted by atomic mass is 35.5. The first kappa shape index (κ1) is 13.2. The predicted molar refractivity (Wildman–Crippen MR) is 71.1 cm³/mol. The molecule has 1 heterocycles. The van der Waals surface area contributed by atoms with Crippen molar-refractivity contribution in [1.82, 2.24) is 4.90 Å². The van der Waals surface area contributed by atoms with Crippen molar-refractivity contribution in [3.63, 3.8) is 0 Å². The summed E-state index contributed by atoms with van der Waals surface area (Å²) in [5, 5.41) is 2.16. The molecule has 0 N–H and O–H groups in total. The molecule has 1 nitrogen and oxygen atoms in total. The third-order valence-corrected chi connectivity index (χ3v) is 4.30. The summed E-state index contributed by atoms with van der Waals surface area (Å²) in [4.78, 5) is 2.44. The second-order valence-electron chi connectivity index (χ2n) is 4.15. The van der Waals surface area contributed by atoms with Gasteiger partial charge in [-0.25, -0.2) is 0 Å². The Morgan fingerprint density at radius 3 is 2.53 bits per heavy atom. The highest BCUT2D eigenvalue weighted by molar-refractivity contribution is 8.04. The number of alkyl halides is 1. The molecule has 0 spiro atoms. The number of nitrogens with zero attached hydrogens (tertiary/aromatic N) is 1. The lowest BCUT2D eigenvalue weighted by molar-refractivity contribution is 0.371. The molecule has 88 valence electrons. The fraction of sp³-hybridized carbons (Fsp3) is 0.833. The summed E-state index contributed by atoms with van der Waals surface area (Å²) in [5.41, 5.74) is 1.33. The number of halogens is 1. The van der Waals surface area contributed by atoms with Gasteiger partial charge in [0.25, 0.3) is 0 Å². The Hall–Kier alpha value is 0.180. The summed E-state index contributed by atoms with van der Waals surface area (Å²) in [6, 6.07) is 0. The van der Waals surface area contributed by atoms with Crippen molar-refractivity contribution in [2.24, 2.45) is 0 Å². The average Bonchev–Trinajstić information content (AvgIpc) is 2.54. The van der Waals surface area contributed by atoms with Crippen LogP contribution in [0.3, 0.4) is 0 Å². The first-order valence-corrected chi connectivity index (χ1v) is 7.36. The summed E-state index contributed by atoms with van der Waals surface area (Å²) in [5.74, 6) is 0. The van der Waals surface area contributed by atoms with Crippen molar-refractivity contribution in [2.75, 3.05) is 6.54 Å². The summed E-state index contributed by atoms with van der Waals surface area (Å²) in [7, 11) is 0. The molecule has 1 rings (SSSR count). The molecule has 1 aliphatic heterocycles. The molecule has 1 atom stereocenters. The van der Waals surface area contributed by atoms with Gasteiger partial charge in [0, 0.05) is 12.2 Å². The van der Waals surface area contributed by atoms with Crippen LogP contribution < -0.4 is 0 Å². The van der Waals surface area contributed by atoms with E-state index in [1.807, 2.05) is 0 Å². The fourth-order valence-electron chi connectivity index (χ4n) is 1.80. The predicted octanol–water partition coefficient (Wildman–Crippen LogP) is 4.78. The number of allylic oxidation sites excluding steroid dienone is 1. The van der Waals surface area contributed by atoms with Gasteiger partial charge in [0.05, 0.1) is 0 Å². The van der Waals surface area contributed by atoms with Crippen molar-refractivity contribution in [3.8, 4) is 0 Å². The summed E-state index contributed by atoms with van der Waals surface area (Å²) >= 11 is 7.89. The number of thioether (sulfide) groups is 1. The Labute approximate surface area is 103 Å². The van der Waals surface area contributed by atoms with Gasteiger partial charge >= 0.3 is 0 Å². The number of hydrogen-bond acceptors (Lipinski definition) is 2. The maximum absolute atomic E-state index is 6.17. The summed E-state index contributed by atoms with van der Waals surface area (Å²) < 4.78 is 0. The van der Waals surface area contributed by atoms with E-state index >= 15 is 0 Å². The minimum absolute atomic E-state index is 0.139. The quantitative estimate of drug-likeness (QED) is 0.362. The molecule has 0 amide bonds. The largest absolute Gasteiger partial charge is 0.350 e. The Kier molecular flexibility index (Phi) is 6.58. The van der Waals surface area contributed by atoms with Crippen molar-refractivity contribution >= 4 is 23.4 Å². The Morgan fingerprint density at radius 2 is 1.93 bits per heavy atom. The van der Waals surface area contributed by atoms with E-state index in [0.717, 1.165) is 6.54 Å². The smallest absolute Gasteiger partial charge is 0.155 e. The van der Waals surface area contributed by atoms with Crippen LogP contribution in [0.25, 0.3) is 0 Å². The summed E-state index contributed by atoms with van der Waals surface area (Å²) in [6.07, 6.45) is 8.11. The van der Waals surface area contributed by atoms with E-state index in [1.54, 1.807) is 11.8 Å². The van der Waals surface area contributed by atoms with E-state index < -0.39 is 0 Å². The number of rotatable bonds is 7. The van der Waals surface area contributed by atoms with Gasteiger partial charge in [0.15, 0.2) is 4.83 Å². The van der Waals surface area contributed by atoms with Crippen molar-refractivity contribution in [3.05, 3.63) is 11.1 Å². The van der Waals surface area contributed by atoms with Gasteiger partial charge in [-0.05, 0) is 18.8 Å². The zero-order valence-electron chi connectivity index (χ0n) is 9.84. The van der Waals surface area contributed by atoms with Crippen LogP contribution in [-0.2, 0) is 0 Å². The third kappa shape index (κ3) is 4.69. The Balaban J connectivity index is 2.02. The number of unbranched alkanes of at least 4 members (excludes halogenated alkanes) is 5. The second kappa shape index (κ2) is 7.45. The van der Waals surface area contributed by atoms with Crippen LogP contribution in [0.2, 0.25) is 0 Å². The van der Waals surface area contributed by atoms with Crippen LogP contribution in [0.15, 0.2) is 11.1 Å². The molecule has 1 aliphatic rings. The number of hydrogen-bond donors (Lipinski definition) is 0. The van der Waals surface area contributed by atoms with E-state index in [9.17, 15) is 0 Å². The van der Waals surface area contributed by atoms with Crippen LogP contribution in [-0.4, -0.2) is 16.3 Å². The zero-order valence-corrected chi connectivity index (χ0v) is 11.4. The van der Waals surface area contributed by atoms with Crippen molar-refractivity contribution in [2.45, 2.75) is 57.2 Å². The maximum atomic E-state index is 6.17. The van der Waals surface area contributed by atoms with Crippen molar-refractivity contribution < 1.29 is 0 Å². The molecule has 0 aromatic carbocycles. The topological polar surface area (TPSA) is 3.24 Å². The normalized spacial score (nSPS) is 20.9. The molecule has 0 saturated heterocycles. The van der Waals surface area contributed by atoms with E-state index in [0.29, 0.717) is 0 Å². The average molecular weight is 248 g/mol. The highest BCUT2D eigenvalue weighted by Crippen LogP contribution is 2.33. The van der Waals surface area contributed by atoms with E-state index in [-0.39, 0.29) is 4.83 Å². The van der Waals surface area contributed by atoms with Crippen LogP contribution in [0.5, 0.6) is 0 Å². The highest BCUT2D eigenvalue weighted by Gasteiger charge is 2.20. The van der Waals surface area contributed by atoms with Crippen LogP contribution in [0.1, 0.15) is 52.4 Å². The molecule has 0 bridgehead atoms. The Bertz CT molecular complexity index is 206. The van der Waals surface area contributed by atoms with Gasteiger partial charge in [-0.15, -0.1) is 0 Å². The summed E-state index contributed by atoms with van der Waals surface area (Å²) in [6.45, 7) is 5.52. The molecule has 3 heteroatoms. The van der Waals surface area contributed by atoms with Gasteiger partial charge in [-0.1, -0.05) is 62.4 Å². The molecule has 0 fully saturated rings. The third-order valence-electron chi connectivity index (χ3n) is 2.80. The lowest BCUT2D eigenvalue weighted by Crippen LogP contribution is -2.24. The van der Waals surface area contributed by atoms with Crippen LogP contribution in [0, 0.1) is 0 Å². The molecule has 0 aromatic rings. The molecular weight excluding hydrogens is 226 g/mol. The molecule has 1 unspecified atom stereocenters. The van der Waals surface area contributed by atoms with Gasteiger partial charge < -0.3 is 4.90 Å². The second-order valence-corrected chi connectivity index (χ2v) is 5.78. The molecule has 0 aliphatic carbocycles. The minimum Gasteiger partial charge on any atom is -0.350 e. The molecule has 0 aromatic heterocycles. The lowest BCUT2D eigenvalue weighted by atomic mass is 10.1. The lowest BCUT2D eigenvalue weighted by Gasteiger charge is -2.23. The van der Waals surface area contributed by atoms with E-state index in [4.69, 9.17) is 11.6 Å². The molecule has 15 heavy (non-hydrogen) atoms. The van der Waals surface area contributed by atoms with Crippen molar-refractivity contribution in [1.29, 1.82) is 0 Å². The minimum atomic E-state index is 0.139. The SMILES string of the molecule is CCCCCCCCN1C(C)=CSC1Cl. The molecule has 0 saturated carbocycles. The standard InChI is InChI=1S/C12H22ClNS/c1-3-4-5-6-7-8-9-14-11(2)10-15-12(14)13/h10,12H,3-9H2,1-2H3. The zero-order chi connectivity index (χ0) is 11.1. The molecular formula is C12H22ClNS. The first-order chi connectivity index (χ1) is 7.25. The van der Waals surface area contributed by atoms with Crippen LogP contribution in [0.4, 0.5) is 0 Å². The van der Waals surface area contributed by atoms with Crippen LogP contribution >= 0.6 is 23.4 Å².